The molecule has 0 spiro atoms. The Morgan fingerprint density at radius 2 is 1.46 bits per heavy atom. The summed E-state index contributed by atoms with van der Waals surface area (Å²) in [5.74, 6) is 1.01. The van der Waals surface area contributed by atoms with E-state index in [-0.39, 0.29) is 0 Å². The predicted octanol–water partition coefficient (Wildman–Crippen LogP) is 8.49. The summed E-state index contributed by atoms with van der Waals surface area (Å²) in [5.41, 5.74) is 2.63. The van der Waals surface area contributed by atoms with Gasteiger partial charge in [0.25, 0.3) is 0 Å². The number of hydrogen-bond donors (Lipinski definition) is 0. The molecule has 0 saturated heterocycles. The Labute approximate surface area is 233 Å². The summed E-state index contributed by atoms with van der Waals surface area (Å²) in [6.45, 7) is 4.97. The normalized spacial score (nSPS) is 10.7. The van der Waals surface area contributed by atoms with Crippen molar-refractivity contribution < 1.29 is 14.3 Å². The molecular formula is C33H41N3O3. The zero-order valence-electron chi connectivity index (χ0n) is 23.5. The van der Waals surface area contributed by atoms with Gasteiger partial charge in [0.05, 0.1) is 17.7 Å². The van der Waals surface area contributed by atoms with E-state index in [1.165, 1.54) is 57.4 Å². The number of rotatable bonds is 17. The number of carbonyl (C=O) groups is 1. The van der Waals surface area contributed by atoms with Crippen LogP contribution in [0, 0.1) is 11.3 Å². The maximum Gasteiger partial charge on any atom is 0.343 e. The first-order chi connectivity index (χ1) is 19.1. The molecule has 6 heteroatoms. The Morgan fingerprint density at radius 1 is 0.821 bits per heavy atom. The molecule has 0 bridgehead atoms. The Balaban J connectivity index is 1.50. The average molecular weight is 528 g/mol. The van der Waals surface area contributed by atoms with Crippen LogP contribution in [0.3, 0.4) is 0 Å². The van der Waals surface area contributed by atoms with Gasteiger partial charge in [0.2, 0.25) is 0 Å². The molecule has 6 nitrogen and oxygen atoms in total. The van der Waals surface area contributed by atoms with Crippen molar-refractivity contribution in [3.8, 4) is 29.0 Å². The highest BCUT2D eigenvalue weighted by Gasteiger charge is 2.13. The lowest BCUT2D eigenvalue weighted by molar-refractivity contribution is 0.0734. The molecule has 0 fully saturated rings. The van der Waals surface area contributed by atoms with E-state index in [0.29, 0.717) is 35.1 Å². The molecule has 1 heterocycles. The van der Waals surface area contributed by atoms with Crippen molar-refractivity contribution in [1.29, 1.82) is 5.26 Å². The molecular weight excluding hydrogens is 486 g/mol. The monoisotopic (exact) mass is 527 g/mol. The summed E-state index contributed by atoms with van der Waals surface area (Å²) in [4.78, 5) is 21.8. The Kier molecular flexibility index (Phi) is 13.0. The first-order valence-corrected chi connectivity index (χ1v) is 14.4. The van der Waals surface area contributed by atoms with Gasteiger partial charge in [-0.2, -0.15) is 5.26 Å². The van der Waals surface area contributed by atoms with E-state index >= 15 is 0 Å². The fraction of sp³-hybridized carbons (Fsp3) is 0.455. The fourth-order valence-electron chi connectivity index (χ4n) is 4.34. The first kappa shape index (κ1) is 29.8. The van der Waals surface area contributed by atoms with Crippen LogP contribution in [0.25, 0.3) is 11.4 Å². The Morgan fingerprint density at radius 3 is 2.13 bits per heavy atom. The lowest BCUT2D eigenvalue weighted by Gasteiger charge is -2.10. The van der Waals surface area contributed by atoms with Crippen molar-refractivity contribution in [1.82, 2.24) is 9.97 Å². The average Bonchev–Trinajstić information content (AvgIpc) is 2.97. The molecule has 0 radical (unpaired) electrons. The van der Waals surface area contributed by atoms with Gasteiger partial charge in [0.15, 0.2) is 5.82 Å². The van der Waals surface area contributed by atoms with Gasteiger partial charge in [-0.05, 0) is 67.3 Å². The summed E-state index contributed by atoms with van der Waals surface area (Å²) >= 11 is 0. The van der Waals surface area contributed by atoms with Crippen LogP contribution in [0.5, 0.6) is 11.5 Å². The topological polar surface area (TPSA) is 85.1 Å². The number of unbranched alkanes of at least 4 members (excludes halogenated alkanes) is 9. The van der Waals surface area contributed by atoms with E-state index < -0.39 is 5.97 Å². The zero-order valence-corrected chi connectivity index (χ0v) is 23.5. The molecule has 0 atom stereocenters. The minimum absolute atomic E-state index is 0.301. The van der Waals surface area contributed by atoms with Gasteiger partial charge >= 0.3 is 5.97 Å². The van der Waals surface area contributed by atoms with Gasteiger partial charge < -0.3 is 9.47 Å². The Hall–Kier alpha value is -3.72. The number of aromatic nitrogens is 2. The number of nitriles is 1. The number of nitrogens with zero attached hydrogens (tertiary/aromatic N) is 3. The molecule has 3 aromatic rings. The molecule has 2 aromatic carbocycles. The highest BCUT2D eigenvalue weighted by Crippen LogP contribution is 2.23. The van der Waals surface area contributed by atoms with Crippen LogP contribution >= 0.6 is 0 Å². The van der Waals surface area contributed by atoms with Gasteiger partial charge in [-0.1, -0.05) is 71.6 Å². The van der Waals surface area contributed by atoms with Crippen LogP contribution < -0.4 is 9.47 Å². The molecule has 0 N–H and O–H groups in total. The van der Waals surface area contributed by atoms with Gasteiger partial charge in [-0.15, -0.1) is 0 Å². The van der Waals surface area contributed by atoms with Crippen molar-refractivity contribution in [2.24, 2.45) is 0 Å². The number of hydrogen-bond acceptors (Lipinski definition) is 6. The minimum Gasteiger partial charge on any atom is -0.492 e. The van der Waals surface area contributed by atoms with Crippen molar-refractivity contribution in [3.05, 3.63) is 71.5 Å². The lowest BCUT2D eigenvalue weighted by Crippen LogP contribution is -2.09. The lowest BCUT2D eigenvalue weighted by atomic mass is 10.1. The molecule has 39 heavy (non-hydrogen) atoms. The molecule has 3 rings (SSSR count). The summed E-state index contributed by atoms with van der Waals surface area (Å²) in [6, 6.07) is 14.1. The van der Waals surface area contributed by atoms with Crippen LogP contribution in [0.4, 0.5) is 0 Å². The number of benzene rings is 2. The second-order valence-corrected chi connectivity index (χ2v) is 9.93. The van der Waals surface area contributed by atoms with Gasteiger partial charge in [0, 0.05) is 18.0 Å². The second kappa shape index (κ2) is 17.0. The van der Waals surface area contributed by atoms with E-state index in [0.717, 1.165) is 36.8 Å². The summed E-state index contributed by atoms with van der Waals surface area (Å²) in [5, 5.41) is 9.53. The number of ether oxygens (including phenoxy) is 2. The SMILES string of the molecule is CCCCCCCCc1cnc(-c2ccc(OC(=O)c3ccc(OCCCCCCC)c(C#N)c3)cc2)nc1. The van der Waals surface area contributed by atoms with Crippen molar-refractivity contribution >= 4 is 5.97 Å². The number of esters is 1. The fourth-order valence-corrected chi connectivity index (χ4v) is 4.34. The van der Waals surface area contributed by atoms with Crippen LogP contribution in [0.2, 0.25) is 0 Å². The number of carbonyl (C=O) groups excluding carboxylic acids is 1. The largest absolute Gasteiger partial charge is 0.492 e. The van der Waals surface area contributed by atoms with Crippen LogP contribution in [0.15, 0.2) is 54.9 Å². The van der Waals surface area contributed by atoms with Crippen LogP contribution in [-0.2, 0) is 6.42 Å². The third kappa shape index (κ3) is 10.2. The van der Waals surface area contributed by atoms with Gasteiger partial charge in [-0.25, -0.2) is 14.8 Å². The Bertz CT molecular complexity index is 1180. The highest BCUT2D eigenvalue weighted by atomic mass is 16.5. The summed E-state index contributed by atoms with van der Waals surface area (Å²) < 4.78 is 11.3. The smallest absolute Gasteiger partial charge is 0.343 e. The van der Waals surface area contributed by atoms with Crippen LogP contribution in [-0.4, -0.2) is 22.5 Å². The predicted molar refractivity (Wildman–Crippen MR) is 155 cm³/mol. The zero-order chi connectivity index (χ0) is 27.7. The third-order valence-electron chi connectivity index (χ3n) is 6.69. The second-order valence-electron chi connectivity index (χ2n) is 9.93. The van der Waals surface area contributed by atoms with E-state index in [9.17, 15) is 10.1 Å². The first-order valence-electron chi connectivity index (χ1n) is 14.4. The molecule has 0 saturated carbocycles. The maximum absolute atomic E-state index is 12.7. The molecule has 1 aromatic heterocycles. The molecule has 0 aliphatic carbocycles. The van der Waals surface area contributed by atoms with E-state index in [2.05, 4.69) is 29.9 Å². The van der Waals surface area contributed by atoms with Gasteiger partial charge in [0.1, 0.15) is 17.6 Å². The van der Waals surface area contributed by atoms with E-state index in [4.69, 9.17) is 9.47 Å². The maximum atomic E-state index is 12.7. The quantitative estimate of drug-likeness (QED) is 0.0994. The van der Waals surface area contributed by atoms with E-state index in [1.807, 2.05) is 24.5 Å². The highest BCUT2D eigenvalue weighted by molar-refractivity contribution is 5.91. The summed E-state index contributed by atoms with van der Waals surface area (Å²) in [7, 11) is 0. The molecule has 0 aliphatic rings. The van der Waals surface area contributed by atoms with E-state index in [1.54, 1.807) is 24.3 Å². The summed E-state index contributed by atoms with van der Waals surface area (Å²) in [6.07, 6.45) is 18.1. The minimum atomic E-state index is -0.527. The molecule has 0 unspecified atom stereocenters. The van der Waals surface area contributed by atoms with Crippen LogP contribution in [0.1, 0.15) is 106 Å². The third-order valence-corrected chi connectivity index (χ3v) is 6.69. The van der Waals surface area contributed by atoms with Gasteiger partial charge in [-0.3, -0.25) is 0 Å². The van der Waals surface area contributed by atoms with Crippen molar-refractivity contribution in [2.75, 3.05) is 6.61 Å². The number of aryl methyl sites for hydroxylation is 1. The van der Waals surface area contributed by atoms with Crippen molar-refractivity contribution in [2.45, 2.75) is 90.9 Å². The molecule has 206 valence electrons. The van der Waals surface area contributed by atoms with Crippen molar-refractivity contribution in [3.63, 3.8) is 0 Å². The standard InChI is InChI=1S/C33H41N3O3/c1-3-5-7-9-10-12-14-26-24-35-32(36-25-26)27-15-18-30(19-16-27)39-33(37)28-17-20-31(29(22-28)23-34)38-21-13-11-8-6-4-2/h15-20,22,24-25H,3-14,21H2,1-2H3. The molecule has 0 amide bonds. The molecule has 0 aliphatic heterocycles.